The minimum Gasteiger partial charge on any atom is -0.378 e. The Morgan fingerprint density at radius 3 is 2.86 bits per heavy atom. The molecule has 6 rings (SSSR count). The Balaban J connectivity index is 1.19. The van der Waals surface area contributed by atoms with Gasteiger partial charge in [-0.05, 0) is 49.2 Å². The number of fused-ring (bicyclic) bond motifs is 1. The van der Waals surface area contributed by atoms with Gasteiger partial charge in [-0.2, -0.15) is 4.68 Å². The number of anilines is 1. The number of aromatic nitrogens is 4. The zero-order valence-corrected chi connectivity index (χ0v) is 19.8. The minimum absolute atomic E-state index is 0.195. The molecule has 1 unspecified atom stereocenters. The van der Waals surface area contributed by atoms with Crippen LogP contribution in [0.4, 0.5) is 5.69 Å². The van der Waals surface area contributed by atoms with E-state index in [0.717, 1.165) is 81.1 Å². The largest absolute Gasteiger partial charge is 0.378 e. The second kappa shape index (κ2) is 9.64. The van der Waals surface area contributed by atoms with E-state index in [4.69, 9.17) is 9.84 Å². The molecular weight excluding hydrogens is 440 g/mol. The van der Waals surface area contributed by atoms with Crippen LogP contribution in [0.25, 0.3) is 16.5 Å². The lowest BCUT2D eigenvalue weighted by Crippen LogP contribution is -2.36. The first-order valence-corrected chi connectivity index (χ1v) is 12.4. The summed E-state index contributed by atoms with van der Waals surface area (Å²) in [5.41, 5.74) is 3.18. The lowest BCUT2D eigenvalue weighted by atomic mass is 9.97. The Bertz CT molecular complexity index is 1370. The van der Waals surface area contributed by atoms with Crippen molar-refractivity contribution >= 4 is 16.5 Å². The van der Waals surface area contributed by atoms with E-state index in [1.165, 1.54) is 15.9 Å². The average Bonchev–Trinajstić information content (AvgIpc) is 3.30. The van der Waals surface area contributed by atoms with Crippen molar-refractivity contribution in [3.8, 4) is 5.69 Å². The SMILES string of the molecule is O=c1[nH]c(C2CCCN(Cc3cccc(N4CCOCC4)c3)C2)nn1-c1cccc2cnccc12. The van der Waals surface area contributed by atoms with Crippen LogP contribution in [0, 0.1) is 0 Å². The van der Waals surface area contributed by atoms with Crippen molar-refractivity contribution in [2.45, 2.75) is 25.3 Å². The molecule has 35 heavy (non-hydrogen) atoms. The maximum absolute atomic E-state index is 12.9. The van der Waals surface area contributed by atoms with Gasteiger partial charge in [0.15, 0.2) is 0 Å². The zero-order chi connectivity index (χ0) is 23.6. The molecule has 0 amide bonds. The molecule has 4 aromatic rings. The average molecular weight is 471 g/mol. The number of benzene rings is 2. The van der Waals surface area contributed by atoms with Crippen molar-refractivity contribution in [2.75, 3.05) is 44.3 Å². The van der Waals surface area contributed by atoms with Crippen molar-refractivity contribution in [2.24, 2.45) is 0 Å². The molecule has 2 aromatic carbocycles. The molecule has 2 aliphatic rings. The van der Waals surface area contributed by atoms with Gasteiger partial charge in [0, 0.05) is 61.0 Å². The molecule has 2 aliphatic heterocycles. The molecule has 0 radical (unpaired) electrons. The summed E-state index contributed by atoms with van der Waals surface area (Å²) < 4.78 is 7.00. The number of rotatable bonds is 5. The molecule has 2 fully saturated rings. The van der Waals surface area contributed by atoms with Gasteiger partial charge in [0.1, 0.15) is 5.82 Å². The number of piperidine rings is 1. The zero-order valence-electron chi connectivity index (χ0n) is 19.8. The first-order chi connectivity index (χ1) is 17.2. The van der Waals surface area contributed by atoms with E-state index < -0.39 is 0 Å². The summed E-state index contributed by atoms with van der Waals surface area (Å²) in [6.07, 6.45) is 5.67. The topological polar surface area (TPSA) is 79.3 Å². The molecule has 4 heterocycles. The van der Waals surface area contributed by atoms with Crippen molar-refractivity contribution in [3.63, 3.8) is 0 Å². The van der Waals surface area contributed by atoms with E-state index in [0.29, 0.717) is 0 Å². The van der Waals surface area contributed by atoms with Crippen molar-refractivity contribution in [3.05, 3.63) is 82.8 Å². The number of aromatic amines is 1. The van der Waals surface area contributed by atoms with Crippen LogP contribution in [0.2, 0.25) is 0 Å². The number of H-pyrrole nitrogens is 1. The van der Waals surface area contributed by atoms with Crippen molar-refractivity contribution < 1.29 is 4.74 Å². The van der Waals surface area contributed by atoms with Gasteiger partial charge < -0.3 is 9.64 Å². The fourth-order valence-electron chi connectivity index (χ4n) is 5.33. The van der Waals surface area contributed by atoms with Gasteiger partial charge in [-0.15, -0.1) is 5.10 Å². The van der Waals surface area contributed by atoms with Crippen LogP contribution in [0.1, 0.15) is 30.1 Å². The predicted molar refractivity (Wildman–Crippen MR) is 136 cm³/mol. The molecule has 0 saturated carbocycles. The molecule has 0 aliphatic carbocycles. The number of pyridine rings is 1. The lowest BCUT2D eigenvalue weighted by molar-refractivity contribution is 0.122. The number of nitrogens with zero attached hydrogens (tertiary/aromatic N) is 5. The number of hydrogen-bond acceptors (Lipinski definition) is 6. The third-order valence-corrected chi connectivity index (χ3v) is 7.11. The van der Waals surface area contributed by atoms with E-state index >= 15 is 0 Å². The fraction of sp³-hybridized carbons (Fsp3) is 0.370. The lowest BCUT2D eigenvalue weighted by Gasteiger charge is -2.32. The highest BCUT2D eigenvalue weighted by Gasteiger charge is 2.25. The second-order valence-corrected chi connectivity index (χ2v) is 9.44. The Hall–Kier alpha value is -3.49. The van der Waals surface area contributed by atoms with Crippen LogP contribution >= 0.6 is 0 Å². The van der Waals surface area contributed by atoms with Crippen LogP contribution in [0.15, 0.2) is 65.7 Å². The number of ether oxygens (including phenoxy) is 1. The first-order valence-electron chi connectivity index (χ1n) is 12.4. The van der Waals surface area contributed by atoms with E-state index in [1.54, 1.807) is 6.20 Å². The maximum atomic E-state index is 12.9. The Labute approximate surface area is 204 Å². The number of hydrogen-bond donors (Lipinski definition) is 1. The van der Waals surface area contributed by atoms with Crippen molar-refractivity contribution in [1.82, 2.24) is 24.6 Å². The Morgan fingerprint density at radius 2 is 1.94 bits per heavy atom. The van der Waals surface area contributed by atoms with Crippen LogP contribution in [0.5, 0.6) is 0 Å². The van der Waals surface area contributed by atoms with Crippen LogP contribution in [0.3, 0.4) is 0 Å². The van der Waals surface area contributed by atoms with Gasteiger partial charge >= 0.3 is 5.69 Å². The molecule has 8 nitrogen and oxygen atoms in total. The normalized spacial score (nSPS) is 19.3. The maximum Gasteiger partial charge on any atom is 0.348 e. The van der Waals surface area contributed by atoms with Gasteiger partial charge in [0.2, 0.25) is 0 Å². The molecule has 1 N–H and O–H groups in total. The van der Waals surface area contributed by atoms with Gasteiger partial charge in [0.05, 0.1) is 18.9 Å². The third-order valence-electron chi connectivity index (χ3n) is 7.11. The summed E-state index contributed by atoms with van der Waals surface area (Å²) >= 11 is 0. The Morgan fingerprint density at radius 1 is 1.06 bits per heavy atom. The molecule has 1 atom stereocenters. The van der Waals surface area contributed by atoms with Crippen molar-refractivity contribution in [1.29, 1.82) is 0 Å². The van der Waals surface area contributed by atoms with E-state index in [9.17, 15) is 4.79 Å². The van der Waals surface area contributed by atoms with Crippen LogP contribution in [-0.2, 0) is 11.3 Å². The second-order valence-electron chi connectivity index (χ2n) is 9.44. The van der Waals surface area contributed by atoms with Gasteiger partial charge in [-0.1, -0.05) is 24.3 Å². The highest BCUT2D eigenvalue weighted by Crippen LogP contribution is 2.27. The van der Waals surface area contributed by atoms with Crippen LogP contribution < -0.4 is 10.6 Å². The predicted octanol–water partition coefficient (Wildman–Crippen LogP) is 3.33. The quantitative estimate of drug-likeness (QED) is 0.482. The van der Waals surface area contributed by atoms with Gasteiger partial charge in [0.25, 0.3) is 0 Å². The number of likely N-dealkylation sites (tertiary alicyclic amines) is 1. The smallest absolute Gasteiger partial charge is 0.348 e. The Kier molecular flexibility index (Phi) is 6.06. The summed E-state index contributed by atoms with van der Waals surface area (Å²) in [6, 6.07) is 16.7. The van der Waals surface area contributed by atoms with Gasteiger partial charge in [-0.25, -0.2) is 4.79 Å². The standard InChI is InChI=1S/C27H30N6O2/c34-27-29-26(30-33(27)25-8-2-5-21-17-28-10-9-24(21)25)22-6-3-11-31(19-22)18-20-4-1-7-23(16-20)32-12-14-35-15-13-32/h1-2,4-5,7-10,16-17,22H,3,6,11-15,18-19H2,(H,29,30,34). The summed E-state index contributed by atoms with van der Waals surface area (Å²) in [4.78, 5) is 25.0. The highest BCUT2D eigenvalue weighted by atomic mass is 16.5. The van der Waals surface area contributed by atoms with E-state index in [2.05, 4.69) is 44.0 Å². The first kappa shape index (κ1) is 22.0. The number of morpholine rings is 1. The molecule has 8 heteroatoms. The molecular formula is C27H30N6O2. The molecule has 2 aromatic heterocycles. The summed E-state index contributed by atoms with van der Waals surface area (Å²) in [6.45, 7) is 6.30. The van der Waals surface area contributed by atoms with Crippen LogP contribution in [-0.4, -0.2) is 64.0 Å². The fourth-order valence-corrected chi connectivity index (χ4v) is 5.33. The molecule has 2 saturated heterocycles. The summed E-state index contributed by atoms with van der Waals surface area (Å²) in [5.74, 6) is 0.976. The molecule has 180 valence electrons. The number of nitrogens with one attached hydrogen (secondary N) is 1. The summed E-state index contributed by atoms with van der Waals surface area (Å²) in [7, 11) is 0. The molecule has 0 bridgehead atoms. The minimum atomic E-state index is -0.195. The highest BCUT2D eigenvalue weighted by molar-refractivity contribution is 5.89. The third kappa shape index (κ3) is 4.59. The van der Waals surface area contributed by atoms with E-state index in [-0.39, 0.29) is 11.6 Å². The summed E-state index contributed by atoms with van der Waals surface area (Å²) in [5, 5.41) is 6.71. The van der Waals surface area contributed by atoms with E-state index in [1.807, 2.05) is 30.5 Å². The van der Waals surface area contributed by atoms with Gasteiger partial charge in [-0.3, -0.25) is 14.9 Å². The monoisotopic (exact) mass is 470 g/mol. The molecule has 0 spiro atoms.